The van der Waals surface area contributed by atoms with Gasteiger partial charge in [-0.3, -0.25) is 4.98 Å². The molecule has 1 aliphatic heterocycles. The van der Waals surface area contributed by atoms with Crippen LogP contribution in [-0.4, -0.2) is 48.2 Å². The molecule has 0 spiro atoms. The molecule has 1 atom stereocenters. The van der Waals surface area contributed by atoms with Crippen molar-refractivity contribution in [2.24, 2.45) is 0 Å². The van der Waals surface area contributed by atoms with E-state index in [1.807, 2.05) is 26.8 Å². The molecule has 146 valence electrons. The van der Waals surface area contributed by atoms with Crippen molar-refractivity contribution in [3.8, 4) is 0 Å². The third kappa shape index (κ3) is 4.57. The molecule has 0 amide bonds. The van der Waals surface area contributed by atoms with Crippen LogP contribution in [0, 0.1) is 6.92 Å². The maximum Gasteiger partial charge on any atom is 0.281 e. The molecule has 0 unspecified atom stereocenters. The van der Waals surface area contributed by atoms with Gasteiger partial charge < -0.3 is 0 Å². The molecule has 0 bridgehead atoms. The van der Waals surface area contributed by atoms with Crippen LogP contribution in [0.5, 0.6) is 0 Å². The molecule has 2 heterocycles. The van der Waals surface area contributed by atoms with Crippen LogP contribution in [-0.2, 0) is 16.6 Å². The van der Waals surface area contributed by atoms with E-state index in [-0.39, 0.29) is 5.92 Å². The Labute approximate surface area is 163 Å². The second-order valence-electron chi connectivity index (χ2n) is 7.14. The molecule has 27 heavy (non-hydrogen) atoms. The summed E-state index contributed by atoms with van der Waals surface area (Å²) in [6.07, 6.45) is 1.69. The molecule has 0 N–H and O–H groups in total. The Morgan fingerprint density at radius 2 is 1.81 bits per heavy atom. The highest BCUT2D eigenvalue weighted by atomic mass is 32.2. The Morgan fingerprint density at radius 1 is 1.11 bits per heavy atom. The van der Waals surface area contributed by atoms with E-state index in [2.05, 4.69) is 36.4 Å². The first kappa shape index (κ1) is 20.0. The number of hydrogen-bond acceptors (Lipinski definition) is 3. The van der Waals surface area contributed by atoms with Crippen LogP contribution in [0.15, 0.2) is 42.5 Å². The van der Waals surface area contributed by atoms with Gasteiger partial charge in [-0.1, -0.05) is 44.2 Å². The zero-order valence-corrected chi connectivity index (χ0v) is 17.2. The molecular formula is C21H29N3O2S. The van der Waals surface area contributed by atoms with Crippen LogP contribution in [0.2, 0.25) is 0 Å². The van der Waals surface area contributed by atoms with Crippen molar-refractivity contribution < 1.29 is 8.42 Å². The first-order valence-corrected chi connectivity index (χ1v) is 11.1. The van der Waals surface area contributed by atoms with Gasteiger partial charge in [-0.15, -0.1) is 0 Å². The summed E-state index contributed by atoms with van der Waals surface area (Å²) in [5.41, 5.74) is 4.50. The van der Waals surface area contributed by atoms with Crippen LogP contribution in [0.1, 0.15) is 48.7 Å². The molecule has 1 aromatic heterocycles. The highest BCUT2D eigenvalue weighted by molar-refractivity contribution is 7.86. The third-order valence-electron chi connectivity index (χ3n) is 5.21. The number of rotatable bonds is 7. The minimum atomic E-state index is -3.37. The molecule has 1 saturated heterocycles. The van der Waals surface area contributed by atoms with Gasteiger partial charge in [0.15, 0.2) is 0 Å². The average molecular weight is 388 g/mol. The monoisotopic (exact) mass is 387 g/mol. The second-order valence-corrected chi connectivity index (χ2v) is 9.07. The third-order valence-corrected chi connectivity index (χ3v) is 7.36. The normalized spacial score (nSPS) is 18.3. The van der Waals surface area contributed by atoms with E-state index < -0.39 is 10.2 Å². The lowest BCUT2D eigenvalue weighted by atomic mass is 9.99. The number of hydrogen-bond donors (Lipinski definition) is 0. The molecule has 0 saturated carbocycles. The van der Waals surface area contributed by atoms with E-state index in [0.29, 0.717) is 26.2 Å². The average Bonchev–Trinajstić information content (AvgIpc) is 3.14. The smallest absolute Gasteiger partial charge is 0.258 e. The summed E-state index contributed by atoms with van der Waals surface area (Å²) >= 11 is 0. The number of aromatic nitrogens is 1. The van der Waals surface area contributed by atoms with Crippen LogP contribution in [0.3, 0.4) is 0 Å². The molecule has 2 aromatic rings. The Bertz CT molecular complexity index is 864. The van der Waals surface area contributed by atoms with Crippen molar-refractivity contribution in [2.75, 3.05) is 26.2 Å². The standard InChI is InChI=1S/C21H29N3O2S/c1-4-23(5-2)27(25,26)24-12-11-20(16-24)21-15-19(13-17(3)22-21)14-18-9-7-6-8-10-18/h6-10,13,15,20H,4-5,11-12,14,16H2,1-3H3/t20-/m0/s1. The van der Waals surface area contributed by atoms with Crippen molar-refractivity contribution in [3.05, 3.63) is 65.0 Å². The van der Waals surface area contributed by atoms with Gasteiger partial charge in [0, 0.05) is 43.5 Å². The lowest BCUT2D eigenvalue weighted by Gasteiger charge is -2.25. The predicted molar refractivity (Wildman–Crippen MR) is 109 cm³/mol. The van der Waals surface area contributed by atoms with Gasteiger partial charge in [-0.05, 0) is 43.0 Å². The van der Waals surface area contributed by atoms with E-state index in [1.54, 1.807) is 4.31 Å². The summed E-state index contributed by atoms with van der Waals surface area (Å²) in [6.45, 7) is 7.86. The topological polar surface area (TPSA) is 53.5 Å². The highest BCUT2D eigenvalue weighted by Gasteiger charge is 2.35. The van der Waals surface area contributed by atoms with Gasteiger partial charge in [-0.25, -0.2) is 0 Å². The Balaban J connectivity index is 1.77. The van der Waals surface area contributed by atoms with Crippen molar-refractivity contribution in [1.82, 2.24) is 13.6 Å². The zero-order valence-electron chi connectivity index (χ0n) is 16.4. The summed E-state index contributed by atoms with van der Waals surface area (Å²) in [7, 11) is -3.37. The van der Waals surface area contributed by atoms with Gasteiger partial charge in [0.1, 0.15) is 0 Å². The van der Waals surface area contributed by atoms with Crippen LogP contribution in [0.25, 0.3) is 0 Å². The molecule has 1 fully saturated rings. The summed E-state index contributed by atoms with van der Waals surface area (Å²) in [5, 5.41) is 0. The lowest BCUT2D eigenvalue weighted by Crippen LogP contribution is -2.42. The Kier molecular flexibility index (Phi) is 6.29. The Hall–Kier alpha value is -1.76. The fourth-order valence-electron chi connectivity index (χ4n) is 3.80. The Morgan fingerprint density at radius 3 is 2.48 bits per heavy atom. The molecule has 1 aromatic carbocycles. The van der Waals surface area contributed by atoms with Gasteiger partial charge >= 0.3 is 0 Å². The molecule has 3 rings (SSSR count). The molecular weight excluding hydrogens is 358 g/mol. The van der Waals surface area contributed by atoms with Crippen LogP contribution < -0.4 is 0 Å². The summed E-state index contributed by atoms with van der Waals surface area (Å²) < 4.78 is 28.7. The number of aryl methyl sites for hydroxylation is 1. The summed E-state index contributed by atoms with van der Waals surface area (Å²) in [4.78, 5) is 4.72. The molecule has 5 nitrogen and oxygen atoms in total. The van der Waals surface area contributed by atoms with E-state index in [1.165, 1.54) is 15.4 Å². The number of nitrogens with zero attached hydrogens (tertiary/aromatic N) is 3. The van der Waals surface area contributed by atoms with Gasteiger partial charge in [0.2, 0.25) is 0 Å². The van der Waals surface area contributed by atoms with E-state index >= 15 is 0 Å². The first-order chi connectivity index (χ1) is 12.9. The SMILES string of the molecule is CCN(CC)S(=O)(=O)N1CC[C@H](c2cc(Cc3ccccc3)cc(C)n2)C1. The van der Waals surface area contributed by atoms with Crippen molar-refractivity contribution in [2.45, 2.75) is 39.5 Å². The van der Waals surface area contributed by atoms with Crippen molar-refractivity contribution in [3.63, 3.8) is 0 Å². The van der Waals surface area contributed by atoms with Crippen LogP contribution in [0.4, 0.5) is 0 Å². The van der Waals surface area contributed by atoms with Crippen molar-refractivity contribution >= 4 is 10.2 Å². The zero-order chi connectivity index (χ0) is 19.4. The number of pyridine rings is 1. The molecule has 0 aliphatic carbocycles. The maximum atomic E-state index is 12.8. The fraction of sp³-hybridized carbons (Fsp3) is 0.476. The van der Waals surface area contributed by atoms with Crippen LogP contribution >= 0.6 is 0 Å². The largest absolute Gasteiger partial charge is 0.281 e. The second kappa shape index (κ2) is 8.50. The quantitative estimate of drug-likeness (QED) is 0.732. The first-order valence-electron chi connectivity index (χ1n) is 9.70. The number of benzene rings is 1. The fourth-order valence-corrected chi connectivity index (χ4v) is 5.49. The van der Waals surface area contributed by atoms with Gasteiger partial charge in [0.05, 0.1) is 0 Å². The van der Waals surface area contributed by atoms with E-state index in [4.69, 9.17) is 4.98 Å². The molecule has 6 heteroatoms. The molecule has 0 radical (unpaired) electrons. The van der Waals surface area contributed by atoms with E-state index in [0.717, 1.165) is 24.2 Å². The predicted octanol–water partition coefficient (Wildman–Crippen LogP) is 3.36. The minimum absolute atomic E-state index is 0.157. The lowest BCUT2D eigenvalue weighted by molar-refractivity contribution is 0.377. The van der Waals surface area contributed by atoms with Gasteiger partial charge in [0.25, 0.3) is 10.2 Å². The van der Waals surface area contributed by atoms with E-state index in [9.17, 15) is 8.42 Å². The molecule has 1 aliphatic rings. The van der Waals surface area contributed by atoms with Gasteiger partial charge in [-0.2, -0.15) is 17.0 Å². The summed E-state index contributed by atoms with van der Waals surface area (Å²) in [6, 6.07) is 14.7. The minimum Gasteiger partial charge on any atom is -0.258 e. The summed E-state index contributed by atoms with van der Waals surface area (Å²) in [5.74, 6) is 0.157. The van der Waals surface area contributed by atoms with Crippen molar-refractivity contribution in [1.29, 1.82) is 0 Å². The highest BCUT2D eigenvalue weighted by Crippen LogP contribution is 2.30. The maximum absolute atomic E-state index is 12.8.